The summed E-state index contributed by atoms with van der Waals surface area (Å²) in [5, 5.41) is 3.65. The molecule has 1 heterocycles. The molecule has 0 aromatic heterocycles. The van der Waals surface area contributed by atoms with E-state index in [1.165, 1.54) is 0 Å². The Balaban J connectivity index is 2.11. The minimum absolute atomic E-state index is 0.0387. The Morgan fingerprint density at radius 2 is 2.10 bits per heavy atom. The molecule has 1 N–H and O–H groups in total. The number of nitrogens with one attached hydrogen (secondary N) is 1. The Bertz CT molecular complexity index is 498. The van der Waals surface area contributed by atoms with Crippen LogP contribution in [-0.4, -0.2) is 55.5 Å². The molecule has 1 aromatic rings. The van der Waals surface area contributed by atoms with E-state index in [1.54, 1.807) is 12.1 Å². The van der Waals surface area contributed by atoms with Crippen molar-refractivity contribution in [3.05, 3.63) is 28.8 Å². The van der Waals surface area contributed by atoms with Crippen molar-refractivity contribution in [3.63, 3.8) is 0 Å². The second-order valence-electron chi connectivity index (χ2n) is 5.52. The van der Waals surface area contributed by atoms with Crippen LogP contribution in [0.2, 0.25) is 5.02 Å². The number of piperidine rings is 1. The van der Waals surface area contributed by atoms with Crippen LogP contribution in [0.15, 0.2) is 18.2 Å². The summed E-state index contributed by atoms with van der Waals surface area (Å²) < 4.78 is 0. The first-order valence-corrected chi connectivity index (χ1v) is 7.91. The van der Waals surface area contributed by atoms with Crippen LogP contribution in [0.4, 0.5) is 5.69 Å². The summed E-state index contributed by atoms with van der Waals surface area (Å²) in [6.45, 7) is 5.39. The van der Waals surface area contributed by atoms with Crippen molar-refractivity contribution in [2.75, 3.05) is 39.0 Å². The number of rotatable bonds is 4. The fourth-order valence-electron chi connectivity index (χ4n) is 2.89. The van der Waals surface area contributed by atoms with Crippen molar-refractivity contribution >= 4 is 23.2 Å². The third kappa shape index (κ3) is 3.69. The van der Waals surface area contributed by atoms with Gasteiger partial charge in [0.1, 0.15) is 0 Å². The number of carbonyl (C=O) groups excluding carboxylic acids is 1. The molecule has 0 atom stereocenters. The zero-order valence-corrected chi connectivity index (χ0v) is 13.8. The summed E-state index contributed by atoms with van der Waals surface area (Å²) in [5.74, 6) is 0.0387. The third-order valence-corrected chi connectivity index (χ3v) is 4.59. The van der Waals surface area contributed by atoms with Crippen LogP contribution in [0.1, 0.15) is 30.1 Å². The van der Waals surface area contributed by atoms with Crippen molar-refractivity contribution in [1.82, 2.24) is 9.80 Å². The molecular formula is C16H24ClN3O. The van der Waals surface area contributed by atoms with Gasteiger partial charge in [-0.2, -0.15) is 0 Å². The van der Waals surface area contributed by atoms with Crippen molar-refractivity contribution in [2.45, 2.75) is 25.8 Å². The van der Waals surface area contributed by atoms with Crippen molar-refractivity contribution in [3.8, 4) is 0 Å². The number of benzene rings is 1. The lowest BCUT2D eigenvalue weighted by atomic mass is 10.0. The second kappa shape index (κ2) is 7.14. The summed E-state index contributed by atoms with van der Waals surface area (Å²) in [4.78, 5) is 17.0. The molecule has 116 valence electrons. The first-order chi connectivity index (χ1) is 10.1. The van der Waals surface area contributed by atoms with Crippen molar-refractivity contribution in [2.24, 2.45) is 0 Å². The van der Waals surface area contributed by atoms with E-state index in [9.17, 15) is 4.79 Å². The molecule has 1 aliphatic heterocycles. The van der Waals surface area contributed by atoms with Gasteiger partial charge in [-0.05, 0) is 37.6 Å². The lowest BCUT2D eigenvalue weighted by molar-refractivity contribution is 0.0648. The highest BCUT2D eigenvalue weighted by atomic mass is 35.5. The van der Waals surface area contributed by atoms with Crippen LogP contribution < -0.4 is 5.32 Å². The summed E-state index contributed by atoms with van der Waals surface area (Å²) in [6, 6.07) is 5.70. The SMILES string of the molecule is CCN1CCC(N(C)C(=O)c2cc(Cl)ccc2NC)CC1. The van der Waals surface area contributed by atoms with E-state index < -0.39 is 0 Å². The van der Waals surface area contributed by atoms with Gasteiger partial charge in [-0.15, -0.1) is 0 Å². The minimum Gasteiger partial charge on any atom is -0.387 e. The van der Waals surface area contributed by atoms with Crippen molar-refractivity contribution in [1.29, 1.82) is 0 Å². The van der Waals surface area contributed by atoms with Gasteiger partial charge in [0, 0.05) is 43.9 Å². The quantitative estimate of drug-likeness (QED) is 0.929. The molecule has 1 aliphatic rings. The summed E-state index contributed by atoms with van der Waals surface area (Å²) in [5.41, 5.74) is 1.47. The summed E-state index contributed by atoms with van der Waals surface area (Å²) in [6.07, 6.45) is 2.07. The van der Waals surface area contributed by atoms with Gasteiger partial charge < -0.3 is 15.1 Å². The molecule has 0 aliphatic carbocycles. The second-order valence-corrected chi connectivity index (χ2v) is 5.96. The van der Waals surface area contributed by atoms with Crippen LogP contribution >= 0.6 is 11.6 Å². The maximum absolute atomic E-state index is 12.7. The molecule has 0 bridgehead atoms. The standard InChI is InChI=1S/C16H24ClN3O/c1-4-20-9-7-13(8-10-20)19(3)16(21)14-11-12(17)5-6-15(14)18-2/h5-6,11,13,18H,4,7-10H2,1-3H3. The zero-order chi connectivity index (χ0) is 15.4. The van der Waals surface area contributed by atoms with Gasteiger partial charge in [-0.25, -0.2) is 0 Å². The molecule has 0 radical (unpaired) electrons. The summed E-state index contributed by atoms with van der Waals surface area (Å²) >= 11 is 6.04. The summed E-state index contributed by atoms with van der Waals surface area (Å²) in [7, 11) is 3.72. The monoisotopic (exact) mass is 309 g/mol. The highest BCUT2D eigenvalue weighted by Crippen LogP contribution is 2.24. The Kier molecular flexibility index (Phi) is 5.48. The van der Waals surface area contributed by atoms with E-state index in [0.29, 0.717) is 16.6 Å². The first kappa shape index (κ1) is 16.1. The Hall–Kier alpha value is -1.26. The fourth-order valence-corrected chi connectivity index (χ4v) is 3.06. The molecule has 1 amide bonds. The molecule has 4 nitrogen and oxygen atoms in total. The van der Waals surface area contributed by atoms with Gasteiger partial charge in [-0.3, -0.25) is 4.79 Å². The maximum Gasteiger partial charge on any atom is 0.255 e. The van der Waals surface area contributed by atoms with E-state index in [0.717, 1.165) is 38.2 Å². The fraction of sp³-hybridized carbons (Fsp3) is 0.562. The minimum atomic E-state index is 0.0387. The third-order valence-electron chi connectivity index (χ3n) is 4.35. The number of halogens is 1. The molecule has 21 heavy (non-hydrogen) atoms. The van der Waals surface area contributed by atoms with E-state index >= 15 is 0 Å². The normalized spacial score (nSPS) is 16.8. The van der Waals surface area contributed by atoms with E-state index in [-0.39, 0.29) is 5.91 Å². The van der Waals surface area contributed by atoms with Gasteiger partial charge >= 0.3 is 0 Å². The van der Waals surface area contributed by atoms with Crippen LogP contribution in [0.3, 0.4) is 0 Å². The van der Waals surface area contributed by atoms with Gasteiger partial charge in [0.25, 0.3) is 5.91 Å². The number of hydrogen-bond acceptors (Lipinski definition) is 3. The van der Waals surface area contributed by atoms with Crippen molar-refractivity contribution < 1.29 is 4.79 Å². The number of anilines is 1. The number of carbonyl (C=O) groups is 1. The van der Waals surface area contributed by atoms with Gasteiger partial charge in [0.2, 0.25) is 0 Å². The van der Waals surface area contributed by atoms with Crippen LogP contribution in [0.5, 0.6) is 0 Å². The van der Waals surface area contributed by atoms with Crippen LogP contribution in [-0.2, 0) is 0 Å². The van der Waals surface area contributed by atoms with E-state index in [2.05, 4.69) is 17.1 Å². The maximum atomic E-state index is 12.7. The molecule has 1 fully saturated rings. The topological polar surface area (TPSA) is 35.6 Å². The highest BCUT2D eigenvalue weighted by molar-refractivity contribution is 6.31. The molecule has 5 heteroatoms. The Morgan fingerprint density at radius 3 is 2.67 bits per heavy atom. The smallest absolute Gasteiger partial charge is 0.255 e. The highest BCUT2D eigenvalue weighted by Gasteiger charge is 2.26. The number of amides is 1. The first-order valence-electron chi connectivity index (χ1n) is 7.53. The molecule has 0 unspecified atom stereocenters. The van der Waals surface area contributed by atoms with Crippen LogP contribution in [0, 0.1) is 0 Å². The molecule has 1 saturated heterocycles. The van der Waals surface area contributed by atoms with Gasteiger partial charge in [-0.1, -0.05) is 18.5 Å². The molecule has 0 spiro atoms. The Labute approximate surface area is 132 Å². The molecule has 1 aromatic carbocycles. The van der Waals surface area contributed by atoms with Gasteiger partial charge in [0.05, 0.1) is 5.56 Å². The predicted molar refractivity (Wildman–Crippen MR) is 88.2 cm³/mol. The van der Waals surface area contributed by atoms with Crippen LogP contribution in [0.25, 0.3) is 0 Å². The average molecular weight is 310 g/mol. The lowest BCUT2D eigenvalue weighted by Crippen LogP contribution is -2.45. The molecule has 2 rings (SSSR count). The predicted octanol–water partition coefficient (Wildman–Crippen LogP) is 2.94. The number of likely N-dealkylation sites (tertiary alicyclic amines) is 1. The van der Waals surface area contributed by atoms with E-state index in [4.69, 9.17) is 11.6 Å². The molecular weight excluding hydrogens is 286 g/mol. The molecule has 0 saturated carbocycles. The lowest BCUT2D eigenvalue weighted by Gasteiger charge is -2.36. The van der Waals surface area contributed by atoms with Gasteiger partial charge in [0.15, 0.2) is 0 Å². The average Bonchev–Trinajstić information content (AvgIpc) is 2.53. The zero-order valence-electron chi connectivity index (χ0n) is 13.0. The van der Waals surface area contributed by atoms with E-state index in [1.807, 2.05) is 25.1 Å². The number of hydrogen-bond donors (Lipinski definition) is 1. The largest absolute Gasteiger partial charge is 0.387 e. The Morgan fingerprint density at radius 1 is 1.43 bits per heavy atom. The number of nitrogens with zero attached hydrogens (tertiary/aromatic N) is 2.